The Morgan fingerprint density at radius 3 is 2.12 bits per heavy atom. The van der Waals surface area contributed by atoms with Crippen molar-refractivity contribution in [3.05, 3.63) is 71.3 Å². The van der Waals surface area contributed by atoms with Crippen LogP contribution in [0, 0.1) is 0 Å². The molecule has 3 rings (SSSR count). The molecule has 2 aromatic carbocycles. The van der Waals surface area contributed by atoms with Crippen LogP contribution >= 0.6 is 0 Å². The topological polar surface area (TPSA) is 59.0 Å². The van der Waals surface area contributed by atoms with Crippen molar-refractivity contribution in [3.8, 4) is 0 Å². The fraction of sp³-hybridized carbons (Fsp3) is 0.536. The largest absolute Gasteiger partial charge is 0.459 e. The van der Waals surface area contributed by atoms with Gasteiger partial charge in [-0.15, -0.1) is 0 Å². The Hall–Kier alpha value is -2.21. The summed E-state index contributed by atoms with van der Waals surface area (Å²) in [5, 5.41) is 12.0. The van der Waals surface area contributed by atoms with Crippen molar-refractivity contribution in [2.75, 3.05) is 0 Å². The van der Waals surface area contributed by atoms with E-state index in [9.17, 15) is 9.90 Å². The predicted molar refractivity (Wildman–Crippen MR) is 131 cm³/mol. The molecule has 0 bridgehead atoms. The lowest BCUT2D eigenvalue weighted by Crippen LogP contribution is -2.64. The first-order valence-electron chi connectivity index (χ1n) is 12.1. The third-order valence-electron chi connectivity index (χ3n) is 7.07. The molecule has 0 radical (unpaired) electrons. The number of aliphatic hydroxyl groups is 1. The van der Waals surface area contributed by atoms with Gasteiger partial charge in [-0.05, 0) is 63.8 Å². The van der Waals surface area contributed by atoms with Gasteiger partial charge >= 0.3 is 5.97 Å². The number of benzene rings is 2. The van der Waals surface area contributed by atoms with E-state index in [0.29, 0.717) is 12.0 Å². The van der Waals surface area contributed by atoms with Crippen LogP contribution in [0.2, 0.25) is 0 Å². The SMILES string of the molecule is CCC1(CC)CC(OC(=O)c2ccccc2)CC(C)(C)N1OC(C)c1ccc(C(C)O)cc1. The number of esters is 1. The Kier molecular flexibility index (Phi) is 7.99. The van der Waals surface area contributed by atoms with E-state index < -0.39 is 6.10 Å². The van der Waals surface area contributed by atoms with E-state index in [2.05, 4.69) is 39.7 Å². The summed E-state index contributed by atoms with van der Waals surface area (Å²) in [6, 6.07) is 17.1. The molecule has 3 atom stereocenters. The summed E-state index contributed by atoms with van der Waals surface area (Å²) in [6.45, 7) is 12.5. The zero-order chi connectivity index (χ0) is 24.2. The van der Waals surface area contributed by atoms with E-state index in [1.54, 1.807) is 19.1 Å². The second-order valence-electron chi connectivity index (χ2n) is 9.93. The molecule has 1 heterocycles. The summed E-state index contributed by atoms with van der Waals surface area (Å²) in [5.74, 6) is -0.265. The lowest BCUT2D eigenvalue weighted by Gasteiger charge is -2.56. The summed E-state index contributed by atoms with van der Waals surface area (Å²) >= 11 is 0. The second-order valence-corrected chi connectivity index (χ2v) is 9.93. The van der Waals surface area contributed by atoms with Crippen molar-refractivity contribution in [1.29, 1.82) is 0 Å². The molecule has 5 nitrogen and oxygen atoms in total. The van der Waals surface area contributed by atoms with Crippen molar-refractivity contribution in [3.63, 3.8) is 0 Å². The van der Waals surface area contributed by atoms with Crippen LogP contribution < -0.4 is 0 Å². The molecule has 1 N–H and O–H groups in total. The molecule has 1 aliphatic heterocycles. The van der Waals surface area contributed by atoms with Crippen LogP contribution in [0.15, 0.2) is 54.6 Å². The molecule has 2 aromatic rings. The Bertz CT molecular complexity index is 903. The Labute approximate surface area is 198 Å². The van der Waals surface area contributed by atoms with Crippen LogP contribution in [0.25, 0.3) is 0 Å². The molecule has 3 unspecified atom stereocenters. The number of rotatable bonds is 8. The Morgan fingerprint density at radius 2 is 1.58 bits per heavy atom. The smallest absolute Gasteiger partial charge is 0.338 e. The third kappa shape index (κ3) is 5.65. The number of carbonyl (C=O) groups is 1. The van der Waals surface area contributed by atoms with Gasteiger partial charge < -0.3 is 9.84 Å². The summed E-state index contributed by atoms with van der Waals surface area (Å²) in [4.78, 5) is 19.4. The Balaban J connectivity index is 1.79. The first-order valence-corrected chi connectivity index (χ1v) is 12.1. The fourth-order valence-corrected chi connectivity index (χ4v) is 5.08. The number of ether oxygens (including phenoxy) is 1. The van der Waals surface area contributed by atoms with Crippen LogP contribution in [0.3, 0.4) is 0 Å². The van der Waals surface area contributed by atoms with Gasteiger partial charge in [0.25, 0.3) is 0 Å². The van der Waals surface area contributed by atoms with Gasteiger partial charge in [0.05, 0.1) is 11.7 Å². The minimum atomic E-state index is -0.486. The average molecular weight is 454 g/mol. The van der Waals surface area contributed by atoms with E-state index in [4.69, 9.17) is 9.57 Å². The lowest BCUT2D eigenvalue weighted by atomic mass is 9.75. The quantitative estimate of drug-likeness (QED) is 0.469. The van der Waals surface area contributed by atoms with Gasteiger partial charge in [-0.2, -0.15) is 5.06 Å². The lowest BCUT2D eigenvalue weighted by molar-refractivity contribution is -0.322. The van der Waals surface area contributed by atoms with Gasteiger partial charge in [-0.1, -0.05) is 56.3 Å². The monoisotopic (exact) mass is 453 g/mol. The highest BCUT2D eigenvalue weighted by Gasteiger charge is 2.51. The second kappa shape index (κ2) is 10.4. The van der Waals surface area contributed by atoms with Crippen molar-refractivity contribution in [2.24, 2.45) is 0 Å². The minimum Gasteiger partial charge on any atom is -0.459 e. The number of hydrogen-bond acceptors (Lipinski definition) is 5. The summed E-state index contributed by atoms with van der Waals surface area (Å²) in [7, 11) is 0. The number of hydrogen-bond donors (Lipinski definition) is 1. The highest BCUT2D eigenvalue weighted by atomic mass is 16.7. The van der Waals surface area contributed by atoms with Crippen molar-refractivity contribution >= 4 is 5.97 Å². The van der Waals surface area contributed by atoms with Crippen LogP contribution in [0.5, 0.6) is 0 Å². The maximum atomic E-state index is 12.7. The molecular formula is C28H39NO4. The molecule has 33 heavy (non-hydrogen) atoms. The third-order valence-corrected chi connectivity index (χ3v) is 7.07. The van der Waals surface area contributed by atoms with Crippen LogP contribution in [0.1, 0.15) is 101 Å². The molecule has 5 heteroatoms. The van der Waals surface area contributed by atoms with Crippen molar-refractivity contribution in [2.45, 2.75) is 96.6 Å². The normalized spacial score (nSPS) is 21.8. The first-order chi connectivity index (χ1) is 15.6. The minimum absolute atomic E-state index is 0.145. The van der Waals surface area contributed by atoms with Gasteiger partial charge in [0.15, 0.2) is 0 Å². The number of hydroxylamine groups is 2. The van der Waals surface area contributed by atoms with E-state index in [1.807, 2.05) is 42.5 Å². The first kappa shape index (κ1) is 25.4. The van der Waals surface area contributed by atoms with E-state index >= 15 is 0 Å². The standard InChI is InChI=1S/C28H39NO4/c1-7-28(8-2)19-25(32-26(31)24-12-10-9-11-13-24)18-27(5,6)29(28)33-21(4)23-16-14-22(15-17-23)20(3)30/h9-17,20-21,25,30H,7-8,18-19H2,1-6H3. The zero-order valence-electron chi connectivity index (χ0n) is 20.9. The average Bonchev–Trinajstić information content (AvgIpc) is 2.80. The van der Waals surface area contributed by atoms with E-state index in [0.717, 1.165) is 30.4 Å². The van der Waals surface area contributed by atoms with Gasteiger partial charge in [0, 0.05) is 23.9 Å². The molecule has 0 saturated carbocycles. The number of aliphatic hydroxyl groups excluding tert-OH is 1. The van der Waals surface area contributed by atoms with E-state index in [1.165, 1.54) is 0 Å². The molecule has 180 valence electrons. The molecule has 1 aliphatic rings. The fourth-order valence-electron chi connectivity index (χ4n) is 5.08. The molecule has 0 aliphatic carbocycles. The van der Waals surface area contributed by atoms with Crippen LogP contribution in [0.4, 0.5) is 0 Å². The summed E-state index contributed by atoms with van der Waals surface area (Å²) in [5.41, 5.74) is 1.98. The summed E-state index contributed by atoms with van der Waals surface area (Å²) in [6.07, 6.45) is 2.40. The molecule has 1 fully saturated rings. The van der Waals surface area contributed by atoms with Crippen LogP contribution in [-0.4, -0.2) is 33.3 Å². The number of nitrogens with zero attached hydrogens (tertiary/aromatic N) is 1. The highest BCUT2D eigenvalue weighted by Crippen LogP contribution is 2.45. The van der Waals surface area contributed by atoms with Gasteiger partial charge in [-0.25, -0.2) is 4.79 Å². The van der Waals surface area contributed by atoms with Crippen LogP contribution in [-0.2, 0) is 9.57 Å². The number of carbonyl (C=O) groups excluding carboxylic acids is 1. The molecule has 0 aromatic heterocycles. The predicted octanol–water partition coefficient (Wildman–Crippen LogP) is 6.39. The Morgan fingerprint density at radius 1 is 1.00 bits per heavy atom. The van der Waals surface area contributed by atoms with Gasteiger partial charge in [-0.3, -0.25) is 4.84 Å². The maximum Gasteiger partial charge on any atom is 0.338 e. The molecular weight excluding hydrogens is 414 g/mol. The number of piperidine rings is 1. The van der Waals surface area contributed by atoms with Gasteiger partial charge in [0.2, 0.25) is 0 Å². The van der Waals surface area contributed by atoms with Crippen molar-refractivity contribution < 1.29 is 19.5 Å². The molecule has 0 spiro atoms. The summed E-state index contributed by atoms with van der Waals surface area (Å²) < 4.78 is 6.00. The highest BCUT2D eigenvalue weighted by molar-refractivity contribution is 5.89. The van der Waals surface area contributed by atoms with Gasteiger partial charge in [0.1, 0.15) is 12.2 Å². The van der Waals surface area contributed by atoms with Crippen molar-refractivity contribution in [1.82, 2.24) is 5.06 Å². The molecule has 1 saturated heterocycles. The zero-order valence-corrected chi connectivity index (χ0v) is 20.9. The molecule has 0 amide bonds. The maximum absolute atomic E-state index is 12.7. The van der Waals surface area contributed by atoms with E-state index in [-0.39, 0.29) is 29.3 Å².